The van der Waals surface area contributed by atoms with Crippen molar-refractivity contribution < 1.29 is 23.9 Å². The van der Waals surface area contributed by atoms with Crippen LogP contribution in [-0.4, -0.2) is 30.9 Å². The number of hydrogen-bond donors (Lipinski definition) is 1. The van der Waals surface area contributed by atoms with Crippen molar-refractivity contribution in [3.63, 3.8) is 0 Å². The van der Waals surface area contributed by atoms with Gasteiger partial charge >= 0.3 is 5.97 Å². The molecule has 2 aromatic rings. The summed E-state index contributed by atoms with van der Waals surface area (Å²) < 4.78 is 10.2. The fourth-order valence-corrected chi connectivity index (χ4v) is 2.69. The number of aryl methyl sites for hydroxylation is 3. The van der Waals surface area contributed by atoms with Crippen LogP contribution < -0.4 is 10.1 Å². The van der Waals surface area contributed by atoms with Gasteiger partial charge in [-0.25, -0.2) is 4.79 Å². The highest BCUT2D eigenvalue weighted by Crippen LogP contribution is 2.21. The van der Waals surface area contributed by atoms with E-state index in [2.05, 4.69) is 5.32 Å². The van der Waals surface area contributed by atoms with Crippen LogP contribution in [0.3, 0.4) is 0 Å². The first-order valence-electron chi connectivity index (χ1n) is 8.53. The van der Waals surface area contributed by atoms with E-state index in [9.17, 15) is 14.4 Å². The van der Waals surface area contributed by atoms with Crippen molar-refractivity contribution in [3.05, 3.63) is 58.7 Å². The van der Waals surface area contributed by atoms with Crippen LogP contribution >= 0.6 is 0 Å². The maximum absolute atomic E-state index is 12.0. The van der Waals surface area contributed by atoms with Crippen molar-refractivity contribution in [1.82, 2.24) is 0 Å². The van der Waals surface area contributed by atoms with Gasteiger partial charge in [-0.3, -0.25) is 9.59 Å². The molecule has 0 fully saturated rings. The van der Waals surface area contributed by atoms with Crippen LogP contribution in [-0.2, 0) is 14.3 Å². The number of Topliss-reactive ketones (excluding diaryl/α,β-unsaturated/α-hetero) is 1. The second kappa shape index (κ2) is 8.98. The quantitative estimate of drug-likeness (QED) is 0.598. The highest BCUT2D eigenvalue weighted by Gasteiger charge is 2.12. The second-order valence-electron chi connectivity index (χ2n) is 6.36. The van der Waals surface area contributed by atoms with Gasteiger partial charge in [-0.2, -0.15) is 0 Å². The van der Waals surface area contributed by atoms with Gasteiger partial charge < -0.3 is 14.8 Å². The predicted molar refractivity (Wildman–Crippen MR) is 102 cm³/mol. The van der Waals surface area contributed by atoms with E-state index in [0.29, 0.717) is 11.3 Å². The molecule has 2 rings (SSSR count). The predicted octanol–water partition coefficient (Wildman–Crippen LogP) is 3.38. The molecule has 0 heterocycles. The molecule has 0 saturated carbocycles. The monoisotopic (exact) mass is 369 g/mol. The Labute approximate surface area is 158 Å². The van der Waals surface area contributed by atoms with Crippen LogP contribution in [0, 0.1) is 20.8 Å². The molecule has 1 N–H and O–H groups in total. The van der Waals surface area contributed by atoms with Crippen molar-refractivity contribution in [2.45, 2.75) is 27.7 Å². The SMILES string of the molecule is CC(=O)c1cccc(OCC(=O)OCC(=O)Nc2c(C)cc(C)cc2C)c1. The van der Waals surface area contributed by atoms with Gasteiger partial charge in [0.15, 0.2) is 19.0 Å². The molecule has 0 aliphatic carbocycles. The Morgan fingerprint density at radius 1 is 0.963 bits per heavy atom. The maximum Gasteiger partial charge on any atom is 0.344 e. The minimum atomic E-state index is -0.671. The summed E-state index contributed by atoms with van der Waals surface area (Å²) in [6.07, 6.45) is 0. The van der Waals surface area contributed by atoms with Crippen molar-refractivity contribution in [1.29, 1.82) is 0 Å². The molecule has 27 heavy (non-hydrogen) atoms. The molecule has 0 unspecified atom stereocenters. The van der Waals surface area contributed by atoms with Gasteiger partial charge in [0.05, 0.1) is 0 Å². The number of ketones is 1. The topological polar surface area (TPSA) is 81.7 Å². The molecule has 0 radical (unpaired) electrons. The minimum Gasteiger partial charge on any atom is -0.482 e. The summed E-state index contributed by atoms with van der Waals surface area (Å²) in [6, 6.07) is 10.4. The lowest BCUT2D eigenvalue weighted by atomic mass is 10.1. The molecule has 0 saturated heterocycles. The highest BCUT2D eigenvalue weighted by atomic mass is 16.6. The number of anilines is 1. The number of rotatable bonds is 7. The summed E-state index contributed by atoms with van der Waals surface area (Å²) in [5.41, 5.74) is 4.21. The van der Waals surface area contributed by atoms with E-state index >= 15 is 0 Å². The lowest BCUT2D eigenvalue weighted by molar-refractivity contribution is -0.149. The van der Waals surface area contributed by atoms with Gasteiger partial charge in [-0.1, -0.05) is 29.8 Å². The van der Waals surface area contributed by atoms with Crippen LogP contribution in [0.1, 0.15) is 34.0 Å². The molecule has 0 aromatic heterocycles. The molecule has 0 aliphatic rings. The molecular formula is C21H23NO5. The Hall–Kier alpha value is -3.15. The van der Waals surface area contributed by atoms with Gasteiger partial charge in [0.2, 0.25) is 0 Å². The number of amides is 1. The van der Waals surface area contributed by atoms with Crippen molar-refractivity contribution >= 4 is 23.3 Å². The summed E-state index contributed by atoms with van der Waals surface area (Å²) in [5, 5.41) is 2.76. The number of nitrogens with one attached hydrogen (secondary N) is 1. The molecule has 0 spiro atoms. The van der Waals surface area contributed by atoms with Gasteiger partial charge in [-0.15, -0.1) is 0 Å². The van der Waals surface area contributed by atoms with Crippen LogP contribution in [0.4, 0.5) is 5.69 Å². The standard InChI is InChI=1S/C21H23NO5/c1-13-8-14(2)21(15(3)9-13)22-19(24)11-27-20(25)12-26-18-7-5-6-17(10-18)16(4)23/h5-10H,11-12H2,1-4H3,(H,22,24). The first-order valence-corrected chi connectivity index (χ1v) is 8.53. The summed E-state index contributed by atoms with van der Waals surface area (Å²) in [7, 11) is 0. The average Bonchev–Trinajstić information content (AvgIpc) is 2.61. The third kappa shape index (κ3) is 5.95. The average molecular weight is 369 g/mol. The zero-order valence-electron chi connectivity index (χ0n) is 15.9. The Morgan fingerprint density at radius 2 is 1.63 bits per heavy atom. The van der Waals surface area contributed by atoms with Crippen molar-refractivity contribution in [3.8, 4) is 5.75 Å². The number of benzene rings is 2. The molecule has 0 atom stereocenters. The van der Waals surface area contributed by atoms with Crippen LogP contribution in [0.2, 0.25) is 0 Å². The fraction of sp³-hybridized carbons (Fsp3) is 0.286. The van der Waals surface area contributed by atoms with Crippen LogP contribution in [0.25, 0.3) is 0 Å². The molecule has 6 nitrogen and oxygen atoms in total. The summed E-state index contributed by atoms with van der Waals surface area (Å²) in [6.45, 7) is 6.50. The zero-order valence-corrected chi connectivity index (χ0v) is 15.9. The van der Waals surface area contributed by atoms with Gasteiger partial charge in [-0.05, 0) is 51.0 Å². The first-order chi connectivity index (χ1) is 12.8. The Morgan fingerprint density at radius 3 is 2.26 bits per heavy atom. The minimum absolute atomic E-state index is 0.0959. The van der Waals surface area contributed by atoms with Gasteiger partial charge in [0, 0.05) is 11.3 Å². The van der Waals surface area contributed by atoms with Crippen LogP contribution in [0.5, 0.6) is 5.75 Å². The highest BCUT2D eigenvalue weighted by molar-refractivity contribution is 5.95. The van der Waals surface area contributed by atoms with E-state index in [0.717, 1.165) is 22.4 Å². The molecule has 0 aliphatic heterocycles. The molecule has 142 valence electrons. The molecule has 2 aromatic carbocycles. The smallest absolute Gasteiger partial charge is 0.344 e. The van der Waals surface area contributed by atoms with Crippen molar-refractivity contribution in [2.75, 3.05) is 18.5 Å². The Bertz CT molecular complexity index is 850. The number of carbonyl (C=O) groups is 3. The Balaban J connectivity index is 1.82. The Kier molecular flexibility index (Phi) is 6.71. The molecule has 1 amide bonds. The zero-order chi connectivity index (χ0) is 20.0. The number of hydrogen-bond acceptors (Lipinski definition) is 5. The number of ether oxygens (including phenoxy) is 2. The molecular weight excluding hydrogens is 346 g/mol. The van der Waals surface area contributed by atoms with Gasteiger partial charge in [0.25, 0.3) is 5.91 Å². The summed E-state index contributed by atoms with van der Waals surface area (Å²) >= 11 is 0. The van der Waals surface area contributed by atoms with E-state index < -0.39 is 18.5 Å². The summed E-state index contributed by atoms with van der Waals surface area (Å²) in [4.78, 5) is 35.1. The maximum atomic E-state index is 12.0. The summed E-state index contributed by atoms with van der Waals surface area (Å²) in [5.74, 6) is -0.802. The lowest BCUT2D eigenvalue weighted by Gasteiger charge is -2.13. The van der Waals surface area contributed by atoms with Crippen molar-refractivity contribution in [2.24, 2.45) is 0 Å². The number of carbonyl (C=O) groups excluding carboxylic acids is 3. The molecule has 0 bridgehead atoms. The second-order valence-corrected chi connectivity index (χ2v) is 6.36. The van der Waals surface area contributed by atoms with E-state index in [4.69, 9.17) is 9.47 Å². The molecule has 6 heteroatoms. The van der Waals surface area contributed by atoms with E-state index in [1.54, 1.807) is 24.3 Å². The largest absolute Gasteiger partial charge is 0.482 e. The number of esters is 1. The van der Waals surface area contributed by atoms with Gasteiger partial charge in [0.1, 0.15) is 5.75 Å². The van der Waals surface area contributed by atoms with E-state index in [1.165, 1.54) is 6.92 Å². The lowest BCUT2D eigenvalue weighted by Crippen LogP contribution is -2.24. The fourth-order valence-electron chi connectivity index (χ4n) is 2.69. The first kappa shape index (κ1) is 20.2. The van der Waals surface area contributed by atoms with E-state index in [-0.39, 0.29) is 12.4 Å². The van der Waals surface area contributed by atoms with Crippen LogP contribution in [0.15, 0.2) is 36.4 Å². The third-order valence-corrected chi connectivity index (χ3v) is 3.90. The normalized spacial score (nSPS) is 10.2. The third-order valence-electron chi connectivity index (χ3n) is 3.90. The van der Waals surface area contributed by atoms with E-state index in [1.807, 2.05) is 32.9 Å².